The lowest BCUT2D eigenvalue weighted by atomic mass is 10.1. The molecule has 0 aliphatic rings. The molecule has 1 atom stereocenters. The van der Waals surface area contributed by atoms with Gasteiger partial charge in [0.25, 0.3) is 0 Å². The van der Waals surface area contributed by atoms with Crippen LogP contribution in [0.4, 0.5) is 5.69 Å². The second-order valence-electron chi connectivity index (χ2n) is 6.88. The van der Waals surface area contributed by atoms with E-state index in [4.69, 9.17) is 5.73 Å². The van der Waals surface area contributed by atoms with Gasteiger partial charge in [-0.1, -0.05) is 33.8 Å². The summed E-state index contributed by atoms with van der Waals surface area (Å²) in [5.41, 5.74) is 7.77. The Bertz CT molecular complexity index is 415. The van der Waals surface area contributed by atoms with Gasteiger partial charge in [0.05, 0.1) is 0 Å². The number of hydrogen-bond acceptors (Lipinski definition) is 3. The minimum absolute atomic E-state index is 0.140. The molecule has 0 bridgehead atoms. The SMILES string of the molecule is CC(C)CCN(CCC(C)C)c1ccc(C(C)N)c(O)c1. The number of hydrogen-bond donors (Lipinski definition) is 2. The van der Waals surface area contributed by atoms with Gasteiger partial charge in [-0.2, -0.15) is 0 Å². The summed E-state index contributed by atoms with van der Waals surface area (Å²) in [6, 6.07) is 5.75. The number of benzene rings is 1. The molecular formula is C18H32N2O. The van der Waals surface area contributed by atoms with Gasteiger partial charge in [-0.05, 0) is 37.7 Å². The van der Waals surface area contributed by atoms with Crippen LogP contribution in [0.15, 0.2) is 18.2 Å². The number of nitrogens with zero attached hydrogens (tertiary/aromatic N) is 1. The zero-order valence-corrected chi connectivity index (χ0v) is 14.3. The first-order chi connectivity index (χ1) is 9.81. The maximum atomic E-state index is 10.2. The summed E-state index contributed by atoms with van der Waals surface area (Å²) < 4.78 is 0. The average Bonchev–Trinajstić information content (AvgIpc) is 2.37. The molecule has 0 aromatic heterocycles. The predicted molar refractivity (Wildman–Crippen MR) is 91.8 cm³/mol. The van der Waals surface area contributed by atoms with Crippen LogP contribution in [0, 0.1) is 11.8 Å². The minimum Gasteiger partial charge on any atom is -0.508 e. The second-order valence-corrected chi connectivity index (χ2v) is 6.88. The van der Waals surface area contributed by atoms with Gasteiger partial charge >= 0.3 is 0 Å². The fraction of sp³-hybridized carbons (Fsp3) is 0.667. The highest BCUT2D eigenvalue weighted by molar-refractivity contribution is 5.54. The van der Waals surface area contributed by atoms with Gasteiger partial charge in [-0.3, -0.25) is 0 Å². The molecular weight excluding hydrogens is 260 g/mol. The summed E-state index contributed by atoms with van der Waals surface area (Å²) in [4.78, 5) is 2.38. The molecule has 0 aliphatic heterocycles. The van der Waals surface area contributed by atoms with Crippen molar-refractivity contribution in [1.82, 2.24) is 0 Å². The topological polar surface area (TPSA) is 49.5 Å². The van der Waals surface area contributed by atoms with Crippen LogP contribution in [0.25, 0.3) is 0 Å². The van der Waals surface area contributed by atoms with Crippen molar-refractivity contribution in [2.75, 3.05) is 18.0 Å². The lowest BCUT2D eigenvalue weighted by molar-refractivity contribution is 0.463. The van der Waals surface area contributed by atoms with E-state index in [-0.39, 0.29) is 6.04 Å². The third-order valence-electron chi connectivity index (χ3n) is 3.82. The smallest absolute Gasteiger partial charge is 0.122 e. The quantitative estimate of drug-likeness (QED) is 0.750. The van der Waals surface area contributed by atoms with E-state index in [1.54, 1.807) is 0 Å². The van der Waals surface area contributed by atoms with Gasteiger partial charge in [0, 0.05) is 36.4 Å². The molecule has 0 saturated heterocycles. The van der Waals surface area contributed by atoms with Crippen LogP contribution < -0.4 is 10.6 Å². The summed E-state index contributed by atoms with van der Waals surface area (Å²) >= 11 is 0. The van der Waals surface area contributed by atoms with Gasteiger partial charge in [0.15, 0.2) is 0 Å². The Kier molecular flexibility index (Phi) is 7.03. The predicted octanol–water partition coefficient (Wildman–Crippen LogP) is 4.31. The lowest BCUT2D eigenvalue weighted by Crippen LogP contribution is -2.27. The highest BCUT2D eigenvalue weighted by Gasteiger charge is 2.12. The van der Waals surface area contributed by atoms with E-state index in [1.165, 1.54) is 0 Å². The summed E-state index contributed by atoms with van der Waals surface area (Å²) in [6.07, 6.45) is 2.32. The zero-order chi connectivity index (χ0) is 16.0. The van der Waals surface area contributed by atoms with E-state index in [0.717, 1.165) is 37.2 Å². The van der Waals surface area contributed by atoms with Crippen LogP contribution in [0.5, 0.6) is 5.75 Å². The van der Waals surface area contributed by atoms with Crippen molar-refractivity contribution in [2.24, 2.45) is 17.6 Å². The van der Waals surface area contributed by atoms with Gasteiger partial charge in [-0.15, -0.1) is 0 Å². The molecule has 1 aromatic rings. The van der Waals surface area contributed by atoms with Gasteiger partial charge < -0.3 is 15.7 Å². The first kappa shape index (κ1) is 17.8. The maximum absolute atomic E-state index is 10.2. The van der Waals surface area contributed by atoms with Crippen molar-refractivity contribution >= 4 is 5.69 Å². The van der Waals surface area contributed by atoms with Gasteiger partial charge in [-0.25, -0.2) is 0 Å². The molecule has 1 aromatic carbocycles. The van der Waals surface area contributed by atoms with Crippen LogP contribution in [0.1, 0.15) is 59.1 Å². The molecule has 3 heteroatoms. The molecule has 0 fully saturated rings. The van der Waals surface area contributed by atoms with Crippen molar-refractivity contribution in [3.05, 3.63) is 23.8 Å². The Morgan fingerprint density at radius 3 is 1.90 bits per heavy atom. The monoisotopic (exact) mass is 292 g/mol. The van der Waals surface area contributed by atoms with Crippen LogP contribution in [-0.4, -0.2) is 18.2 Å². The van der Waals surface area contributed by atoms with Crippen molar-refractivity contribution in [2.45, 2.75) is 53.5 Å². The zero-order valence-electron chi connectivity index (χ0n) is 14.3. The van der Waals surface area contributed by atoms with Crippen molar-refractivity contribution in [3.63, 3.8) is 0 Å². The molecule has 0 amide bonds. The van der Waals surface area contributed by atoms with Crippen molar-refractivity contribution in [1.29, 1.82) is 0 Å². The molecule has 1 unspecified atom stereocenters. The Hall–Kier alpha value is -1.22. The molecule has 0 heterocycles. The largest absolute Gasteiger partial charge is 0.508 e. The third kappa shape index (κ3) is 5.96. The Morgan fingerprint density at radius 1 is 1.00 bits per heavy atom. The number of aromatic hydroxyl groups is 1. The summed E-state index contributed by atoms with van der Waals surface area (Å²) in [7, 11) is 0. The molecule has 0 aliphatic carbocycles. The summed E-state index contributed by atoms with van der Waals surface area (Å²) in [5, 5.41) is 10.2. The van der Waals surface area contributed by atoms with Crippen LogP contribution in [-0.2, 0) is 0 Å². The molecule has 0 saturated carbocycles. The first-order valence-corrected chi connectivity index (χ1v) is 8.14. The molecule has 21 heavy (non-hydrogen) atoms. The van der Waals surface area contributed by atoms with E-state index in [9.17, 15) is 5.11 Å². The van der Waals surface area contributed by atoms with Crippen LogP contribution in [0.2, 0.25) is 0 Å². The third-order valence-corrected chi connectivity index (χ3v) is 3.82. The second kappa shape index (κ2) is 8.28. The highest BCUT2D eigenvalue weighted by Crippen LogP contribution is 2.28. The van der Waals surface area contributed by atoms with Crippen LogP contribution in [0.3, 0.4) is 0 Å². The number of anilines is 1. The van der Waals surface area contributed by atoms with Gasteiger partial charge in [0.1, 0.15) is 5.75 Å². The Labute approximate surface area is 130 Å². The number of rotatable bonds is 8. The van der Waals surface area contributed by atoms with Crippen molar-refractivity contribution in [3.8, 4) is 5.75 Å². The standard InChI is InChI=1S/C18H32N2O/c1-13(2)8-10-20(11-9-14(3)4)16-6-7-17(15(5)19)18(21)12-16/h6-7,12-15,21H,8-11,19H2,1-5H3. The normalized spacial score (nSPS) is 13.0. The molecule has 3 N–H and O–H groups in total. The Balaban J connectivity index is 2.88. The average molecular weight is 292 g/mol. The number of phenols is 1. The molecule has 0 spiro atoms. The first-order valence-electron chi connectivity index (χ1n) is 8.14. The van der Waals surface area contributed by atoms with Gasteiger partial charge in [0.2, 0.25) is 0 Å². The highest BCUT2D eigenvalue weighted by atomic mass is 16.3. The fourth-order valence-corrected chi connectivity index (χ4v) is 2.31. The minimum atomic E-state index is -0.140. The Morgan fingerprint density at radius 2 is 1.52 bits per heavy atom. The number of phenolic OH excluding ortho intramolecular Hbond substituents is 1. The maximum Gasteiger partial charge on any atom is 0.122 e. The number of nitrogens with two attached hydrogens (primary N) is 1. The fourth-order valence-electron chi connectivity index (χ4n) is 2.31. The van der Waals surface area contributed by atoms with Crippen molar-refractivity contribution < 1.29 is 5.11 Å². The van der Waals surface area contributed by atoms with E-state index in [1.807, 2.05) is 19.1 Å². The van der Waals surface area contributed by atoms with E-state index < -0.39 is 0 Å². The molecule has 120 valence electrons. The van der Waals surface area contributed by atoms with E-state index >= 15 is 0 Å². The summed E-state index contributed by atoms with van der Waals surface area (Å²) in [6.45, 7) is 12.9. The molecule has 1 rings (SSSR count). The summed E-state index contributed by atoms with van der Waals surface area (Å²) in [5.74, 6) is 1.67. The van der Waals surface area contributed by atoms with Crippen LogP contribution >= 0.6 is 0 Å². The molecule has 0 radical (unpaired) electrons. The van der Waals surface area contributed by atoms with E-state index in [2.05, 4.69) is 38.7 Å². The molecule has 3 nitrogen and oxygen atoms in total. The lowest BCUT2D eigenvalue weighted by Gasteiger charge is -2.27. The van der Waals surface area contributed by atoms with E-state index in [0.29, 0.717) is 17.6 Å².